The number of hydrogen-bond donors (Lipinski definition) is 2. The number of nitrogens with one attached hydrogen (secondary N) is 1. The number of carbonyl (C=O) groups is 2. The molecule has 1 amide bonds. The van der Waals surface area contributed by atoms with Crippen LogP contribution in [-0.2, 0) is 9.59 Å². The number of piperazine rings is 1. The van der Waals surface area contributed by atoms with Gasteiger partial charge in [0, 0.05) is 38.3 Å². The predicted molar refractivity (Wildman–Crippen MR) is 73.0 cm³/mol. The summed E-state index contributed by atoms with van der Waals surface area (Å²) in [5, 5.41) is 11.6. The van der Waals surface area contributed by atoms with Gasteiger partial charge in [0.1, 0.15) is 0 Å². The molecule has 1 aliphatic heterocycles. The smallest absolute Gasteiger partial charge is 0.304 e. The first-order valence-corrected chi connectivity index (χ1v) is 6.74. The molecule has 0 saturated carbocycles. The molecule has 0 atom stereocenters. The largest absolute Gasteiger partial charge is 0.481 e. The average molecular weight is 271 g/mol. The Morgan fingerprint density at radius 3 is 2.11 bits per heavy atom. The maximum Gasteiger partial charge on any atom is 0.304 e. The standard InChI is InChI=1S/C13H25N3O3/c1-13(2,3)14-11(17)10-16-8-6-15(7-9-16)5-4-12(18)19/h4-10H2,1-3H3,(H,14,17)(H,18,19). The van der Waals surface area contributed by atoms with Crippen LogP contribution < -0.4 is 5.32 Å². The molecule has 1 fully saturated rings. The second-order valence-corrected chi connectivity index (χ2v) is 6.06. The van der Waals surface area contributed by atoms with E-state index in [4.69, 9.17) is 5.11 Å². The number of carboxylic acid groups (broad SMARTS) is 1. The van der Waals surface area contributed by atoms with Crippen LogP contribution in [0.25, 0.3) is 0 Å². The second-order valence-electron chi connectivity index (χ2n) is 6.06. The van der Waals surface area contributed by atoms with E-state index in [2.05, 4.69) is 15.1 Å². The molecule has 1 saturated heterocycles. The summed E-state index contributed by atoms with van der Waals surface area (Å²) in [6.07, 6.45) is 0.185. The van der Waals surface area contributed by atoms with Crippen molar-refractivity contribution in [3.8, 4) is 0 Å². The van der Waals surface area contributed by atoms with Crippen molar-refractivity contribution in [3.63, 3.8) is 0 Å². The number of amides is 1. The molecule has 2 N–H and O–H groups in total. The van der Waals surface area contributed by atoms with E-state index in [1.807, 2.05) is 20.8 Å². The van der Waals surface area contributed by atoms with Gasteiger partial charge in [-0.3, -0.25) is 14.5 Å². The van der Waals surface area contributed by atoms with Crippen molar-refractivity contribution in [3.05, 3.63) is 0 Å². The van der Waals surface area contributed by atoms with E-state index in [9.17, 15) is 9.59 Å². The van der Waals surface area contributed by atoms with Crippen LogP contribution in [0.3, 0.4) is 0 Å². The van der Waals surface area contributed by atoms with Crippen molar-refractivity contribution in [2.45, 2.75) is 32.7 Å². The van der Waals surface area contributed by atoms with Crippen molar-refractivity contribution in [2.24, 2.45) is 0 Å². The number of nitrogens with zero attached hydrogens (tertiary/aromatic N) is 2. The van der Waals surface area contributed by atoms with Gasteiger partial charge < -0.3 is 15.3 Å². The highest BCUT2D eigenvalue weighted by Gasteiger charge is 2.21. The lowest BCUT2D eigenvalue weighted by Gasteiger charge is -2.34. The highest BCUT2D eigenvalue weighted by Crippen LogP contribution is 2.03. The molecule has 0 aromatic rings. The molecule has 0 unspecified atom stereocenters. The van der Waals surface area contributed by atoms with Crippen molar-refractivity contribution >= 4 is 11.9 Å². The Balaban J connectivity index is 2.23. The molecular weight excluding hydrogens is 246 g/mol. The molecular formula is C13H25N3O3. The Hall–Kier alpha value is -1.14. The molecule has 0 aromatic heterocycles. The zero-order valence-electron chi connectivity index (χ0n) is 12.1. The number of aliphatic carboxylic acids is 1. The summed E-state index contributed by atoms with van der Waals surface area (Å²) >= 11 is 0. The lowest BCUT2D eigenvalue weighted by Crippen LogP contribution is -2.51. The summed E-state index contributed by atoms with van der Waals surface area (Å²) in [6.45, 7) is 10.2. The fourth-order valence-electron chi connectivity index (χ4n) is 2.09. The molecule has 0 aromatic carbocycles. The first-order chi connectivity index (χ1) is 8.76. The number of carboxylic acids is 1. The predicted octanol–water partition coefficient (Wildman–Crippen LogP) is -0.00660. The fourth-order valence-corrected chi connectivity index (χ4v) is 2.09. The minimum absolute atomic E-state index is 0.0477. The summed E-state index contributed by atoms with van der Waals surface area (Å²) in [7, 11) is 0. The van der Waals surface area contributed by atoms with Gasteiger partial charge in [-0.2, -0.15) is 0 Å². The van der Waals surface area contributed by atoms with Crippen LogP contribution >= 0.6 is 0 Å². The summed E-state index contributed by atoms with van der Waals surface area (Å²) in [5.41, 5.74) is -0.194. The van der Waals surface area contributed by atoms with Crippen LogP contribution in [0.5, 0.6) is 0 Å². The first-order valence-electron chi connectivity index (χ1n) is 6.74. The Bertz CT molecular complexity index is 318. The molecule has 1 aliphatic rings. The van der Waals surface area contributed by atoms with Crippen LogP contribution in [0.4, 0.5) is 0 Å². The van der Waals surface area contributed by atoms with Gasteiger partial charge in [-0.05, 0) is 20.8 Å². The van der Waals surface area contributed by atoms with Crippen molar-refractivity contribution in [1.29, 1.82) is 0 Å². The van der Waals surface area contributed by atoms with E-state index in [-0.39, 0.29) is 17.9 Å². The maximum atomic E-state index is 11.8. The number of hydrogen-bond acceptors (Lipinski definition) is 4. The lowest BCUT2D eigenvalue weighted by molar-refractivity contribution is -0.137. The summed E-state index contributed by atoms with van der Waals surface area (Å²) in [4.78, 5) is 26.5. The third-order valence-corrected chi connectivity index (χ3v) is 2.99. The SMILES string of the molecule is CC(C)(C)NC(=O)CN1CCN(CCC(=O)O)CC1. The molecule has 0 aliphatic carbocycles. The molecule has 0 radical (unpaired) electrons. The Morgan fingerprint density at radius 2 is 1.63 bits per heavy atom. The Kier molecular flexibility index (Phi) is 5.75. The van der Waals surface area contributed by atoms with Gasteiger partial charge in [-0.1, -0.05) is 0 Å². The average Bonchev–Trinajstić information content (AvgIpc) is 2.25. The fraction of sp³-hybridized carbons (Fsp3) is 0.846. The third-order valence-electron chi connectivity index (χ3n) is 2.99. The zero-order chi connectivity index (χ0) is 14.5. The summed E-state index contributed by atoms with van der Waals surface area (Å²) in [5.74, 6) is -0.710. The minimum atomic E-state index is -0.757. The first kappa shape index (κ1) is 15.9. The van der Waals surface area contributed by atoms with E-state index >= 15 is 0 Å². The highest BCUT2D eigenvalue weighted by molar-refractivity contribution is 5.78. The van der Waals surface area contributed by atoms with Crippen molar-refractivity contribution in [1.82, 2.24) is 15.1 Å². The van der Waals surface area contributed by atoms with Gasteiger partial charge in [-0.25, -0.2) is 0 Å². The summed E-state index contributed by atoms with van der Waals surface area (Å²) < 4.78 is 0. The van der Waals surface area contributed by atoms with Gasteiger partial charge in [0.2, 0.25) is 5.91 Å². The Labute approximate surface area is 114 Å². The van der Waals surface area contributed by atoms with Crippen LogP contribution in [0.15, 0.2) is 0 Å². The van der Waals surface area contributed by atoms with Gasteiger partial charge in [-0.15, -0.1) is 0 Å². The molecule has 1 rings (SSSR count). The van der Waals surface area contributed by atoms with Gasteiger partial charge >= 0.3 is 5.97 Å². The van der Waals surface area contributed by atoms with E-state index in [0.29, 0.717) is 13.1 Å². The van der Waals surface area contributed by atoms with Gasteiger partial charge in [0.15, 0.2) is 0 Å². The van der Waals surface area contributed by atoms with Crippen LogP contribution in [-0.4, -0.2) is 71.6 Å². The summed E-state index contributed by atoms with van der Waals surface area (Å²) in [6, 6.07) is 0. The van der Waals surface area contributed by atoms with E-state index < -0.39 is 5.97 Å². The van der Waals surface area contributed by atoms with Gasteiger partial charge in [0.05, 0.1) is 13.0 Å². The molecule has 110 valence electrons. The van der Waals surface area contributed by atoms with Crippen LogP contribution in [0, 0.1) is 0 Å². The van der Waals surface area contributed by atoms with E-state index in [0.717, 1.165) is 26.2 Å². The third kappa shape index (κ3) is 7.12. The molecule has 0 bridgehead atoms. The normalized spacial score (nSPS) is 18.3. The quantitative estimate of drug-likeness (QED) is 0.736. The van der Waals surface area contributed by atoms with E-state index in [1.54, 1.807) is 0 Å². The monoisotopic (exact) mass is 271 g/mol. The molecule has 0 spiro atoms. The Morgan fingerprint density at radius 1 is 1.11 bits per heavy atom. The number of carbonyl (C=O) groups excluding carboxylic acids is 1. The zero-order valence-corrected chi connectivity index (χ0v) is 12.1. The van der Waals surface area contributed by atoms with Crippen molar-refractivity contribution < 1.29 is 14.7 Å². The van der Waals surface area contributed by atoms with E-state index in [1.165, 1.54) is 0 Å². The van der Waals surface area contributed by atoms with Crippen molar-refractivity contribution in [2.75, 3.05) is 39.3 Å². The van der Waals surface area contributed by atoms with Gasteiger partial charge in [0.25, 0.3) is 0 Å². The maximum absolute atomic E-state index is 11.8. The van der Waals surface area contributed by atoms with Crippen LogP contribution in [0.1, 0.15) is 27.2 Å². The molecule has 19 heavy (non-hydrogen) atoms. The topological polar surface area (TPSA) is 72.9 Å². The molecule has 1 heterocycles. The minimum Gasteiger partial charge on any atom is -0.481 e. The molecule has 6 heteroatoms. The second kappa shape index (κ2) is 6.86. The highest BCUT2D eigenvalue weighted by atomic mass is 16.4. The number of rotatable bonds is 5. The van der Waals surface area contributed by atoms with Crippen LogP contribution in [0.2, 0.25) is 0 Å². The lowest BCUT2D eigenvalue weighted by atomic mass is 10.1. The molecule has 6 nitrogen and oxygen atoms in total.